The zero-order valence-electron chi connectivity index (χ0n) is 13.7. The molecule has 0 amide bonds. The first-order chi connectivity index (χ1) is 9.38. The summed E-state index contributed by atoms with van der Waals surface area (Å²) in [6, 6.07) is 1.04. The number of hydrogen-bond donors (Lipinski definition) is 1. The molecule has 114 valence electrons. The molecule has 0 bridgehead atoms. The van der Waals surface area contributed by atoms with Crippen molar-refractivity contribution >= 4 is 0 Å². The lowest BCUT2D eigenvalue weighted by molar-refractivity contribution is 0.189. The molecule has 1 aromatic rings. The molecule has 2 N–H and O–H groups in total. The molecular formula is C16H30N4. The molecule has 0 saturated heterocycles. The largest absolute Gasteiger partial charge is 0.329 e. The molecule has 4 nitrogen and oxygen atoms in total. The van der Waals surface area contributed by atoms with E-state index in [9.17, 15) is 0 Å². The standard InChI is InChI=1S/C16H30N4/c1-6-9-20(12-7-8-12)14(10-17)13-11-19(5)18-15(13)16(2,3)4/h11-12,14H,6-10,17H2,1-5H3. The van der Waals surface area contributed by atoms with Crippen LogP contribution < -0.4 is 5.73 Å². The van der Waals surface area contributed by atoms with Gasteiger partial charge in [0.15, 0.2) is 0 Å². The van der Waals surface area contributed by atoms with E-state index in [1.54, 1.807) is 0 Å². The van der Waals surface area contributed by atoms with Crippen LogP contribution in [0.5, 0.6) is 0 Å². The number of aromatic nitrogens is 2. The van der Waals surface area contributed by atoms with Crippen LogP contribution in [0.1, 0.15) is 64.3 Å². The van der Waals surface area contributed by atoms with Gasteiger partial charge < -0.3 is 5.73 Å². The van der Waals surface area contributed by atoms with Crippen LogP contribution in [0.15, 0.2) is 6.20 Å². The maximum atomic E-state index is 6.14. The minimum Gasteiger partial charge on any atom is -0.329 e. The predicted molar refractivity (Wildman–Crippen MR) is 83.7 cm³/mol. The van der Waals surface area contributed by atoms with Gasteiger partial charge in [0.25, 0.3) is 0 Å². The Balaban J connectivity index is 2.35. The summed E-state index contributed by atoms with van der Waals surface area (Å²) in [6.07, 6.45) is 5.99. The Labute approximate surface area is 123 Å². The Hall–Kier alpha value is -0.870. The van der Waals surface area contributed by atoms with E-state index in [0.717, 1.165) is 12.6 Å². The van der Waals surface area contributed by atoms with Crippen molar-refractivity contribution in [3.05, 3.63) is 17.5 Å². The van der Waals surface area contributed by atoms with Gasteiger partial charge in [-0.15, -0.1) is 0 Å². The first kappa shape index (κ1) is 15.5. The summed E-state index contributed by atoms with van der Waals surface area (Å²) in [7, 11) is 2.01. The van der Waals surface area contributed by atoms with Crippen LogP contribution in [0.2, 0.25) is 0 Å². The van der Waals surface area contributed by atoms with Gasteiger partial charge in [-0.2, -0.15) is 5.10 Å². The number of aryl methyl sites for hydroxylation is 1. The van der Waals surface area contributed by atoms with E-state index < -0.39 is 0 Å². The lowest BCUT2D eigenvalue weighted by Crippen LogP contribution is -2.37. The van der Waals surface area contributed by atoms with E-state index in [-0.39, 0.29) is 5.41 Å². The second-order valence-electron chi connectivity index (χ2n) is 7.08. The van der Waals surface area contributed by atoms with Crippen LogP contribution in [0.25, 0.3) is 0 Å². The molecule has 2 rings (SSSR count). The summed E-state index contributed by atoms with van der Waals surface area (Å²) >= 11 is 0. The Morgan fingerprint density at radius 3 is 2.55 bits per heavy atom. The van der Waals surface area contributed by atoms with E-state index >= 15 is 0 Å². The van der Waals surface area contributed by atoms with Gasteiger partial charge in [-0.25, -0.2) is 0 Å². The third kappa shape index (κ3) is 3.23. The van der Waals surface area contributed by atoms with Crippen LogP contribution in [0.3, 0.4) is 0 Å². The maximum Gasteiger partial charge on any atom is 0.0726 e. The molecule has 0 aromatic carbocycles. The lowest BCUT2D eigenvalue weighted by Gasteiger charge is -2.32. The van der Waals surface area contributed by atoms with Gasteiger partial charge in [-0.3, -0.25) is 9.58 Å². The molecule has 1 aromatic heterocycles. The zero-order chi connectivity index (χ0) is 14.9. The van der Waals surface area contributed by atoms with Crippen molar-refractivity contribution in [3.63, 3.8) is 0 Å². The minimum absolute atomic E-state index is 0.0610. The molecule has 0 radical (unpaired) electrons. The molecule has 4 heteroatoms. The molecule has 1 atom stereocenters. The normalized spacial score (nSPS) is 17.8. The molecular weight excluding hydrogens is 248 g/mol. The van der Waals surface area contributed by atoms with Gasteiger partial charge in [-0.1, -0.05) is 27.7 Å². The van der Waals surface area contributed by atoms with Crippen molar-refractivity contribution in [2.45, 2.75) is 64.5 Å². The highest BCUT2D eigenvalue weighted by molar-refractivity contribution is 5.28. The topological polar surface area (TPSA) is 47.1 Å². The molecule has 1 unspecified atom stereocenters. The van der Waals surface area contributed by atoms with Crippen molar-refractivity contribution in [1.29, 1.82) is 0 Å². The van der Waals surface area contributed by atoms with Crippen LogP contribution in [-0.4, -0.2) is 33.8 Å². The molecule has 1 fully saturated rings. The molecule has 20 heavy (non-hydrogen) atoms. The summed E-state index contributed by atoms with van der Waals surface area (Å²) in [4.78, 5) is 2.60. The summed E-state index contributed by atoms with van der Waals surface area (Å²) in [6.45, 7) is 10.7. The smallest absolute Gasteiger partial charge is 0.0726 e. The Morgan fingerprint density at radius 1 is 1.45 bits per heavy atom. The molecule has 1 aliphatic carbocycles. The molecule has 0 aliphatic heterocycles. The second-order valence-corrected chi connectivity index (χ2v) is 7.08. The first-order valence-electron chi connectivity index (χ1n) is 7.88. The summed E-state index contributed by atoms with van der Waals surface area (Å²) in [5, 5.41) is 4.71. The second kappa shape index (κ2) is 5.86. The van der Waals surface area contributed by atoms with Gasteiger partial charge in [0.2, 0.25) is 0 Å². The first-order valence-corrected chi connectivity index (χ1v) is 7.88. The molecule has 0 spiro atoms. The fraction of sp³-hybridized carbons (Fsp3) is 0.812. The monoisotopic (exact) mass is 278 g/mol. The quantitative estimate of drug-likeness (QED) is 0.870. The van der Waals surface area contributed by atoms with Crippen LogP contribution >= 0.6 is 0 Å². The van der Waals surface area contributed by atoms with Gasteiger partial charge in [0.05, 0.1) is 11.7 Å². The highest BCUT2D eigenvalue weighted by Gasteiger charge is 2.36. The van der Waals surface area contributed by atoms with Gasteiger partial charge >= 0.3 is 0 Å². The summed E-state index contributed by atoms with van der Waals surface area (Å²) in [5.41, 5.74) is 8.72. The highest BCUT2D eigenvalue weighted by Crippen LogP contribution is 2.37. The SMILES string of the molecule is CCCN(C1CC1)C(CN)c1cn(C)nc1C(C)(C)C. The van der Waals surface area contributed by atoms with Crippen molar-refractivity contribution in [2.24, 2.45) is 12.8 Å². The van der Waals surface area contributed by atoms with Crippen LogP contribution in [0.4, 0.5) is 0 Å². The number of nitrogens with two attached hydrogens (primary N) is 1. The Kier molecular flexibility index (Phi) is 4.55. The lowest BCUT2D eigenvalue weighted by atomic mass is 9.87. The highest BCUT2D eigenvalue weighted by atomic mass is 15.3. The van der Waals surface area contributed by atoms with Crippen molar-refractivity contribution in [1.82, 2.24) is 14.7 Å². The summed E-state index contributed by atoms with van der Waals surface area (Å²) < 4.78 is 1.94. The van der Waals surface area contributed by atoms with Crippen LogP contribution in [0, 0.1) is 0 Å². The van der Waals surface area contributed by atoms with E-state index in [1.165, 1.54) is 30.5 Å². The van der Waals surface area contributed by atoms with Gasteiger partial charge in [-0.05, 0) is 25.8 Å². The number of hydrogen-bond acceptors (Lipinski definition) is 3. The third-order valence-corrected chi connectivity index (χ3v) is 4.05. The molecule has 1 aliphatic rings. The van der Waals surface area contributed by atoms with Gasteiger partial charge in [0.1, 0.15) is 0 Å². The zero-order valence-corrected chi connectivity index (χ0v) is 13.7. The van der Waals surface area contributed by atoms with Gasteiger partial charge in [0, 0.05) is 36.8 Å². The fourth-order valence-corrected chi connectivity index (χ4v) is 3.03. The Bertz CT molecular complexity index is 440. The maximum absolute atomic E-state index is 6.14. The predicted octanol–water partition coefficient (Wildman–Crippen LogP) is 2.59. The van der Waals surface area contributed by atoms with E-state index in [1.807, 2.05) is 11.7 Å². The van der Waals surface area contributed by atoms with E-state index in [0.29, 0.717) is 12.6 Å². The summed E-state index contributed by atoms with van der Waals surface area (Å²) in [5.74, 6) is 0. The average molecular weight is 278 g/mol. The average Bonchev–Trinajstić information content (AvgIpc) is 3.11. The number of rotatable bonds is 6. The van der Waals surface area contributed by atoms with Crippen LogP contribution in [-0.2, 0) is 12.5 Å². The third-order valence-electron chi connectivity index (χ3n) is 4.05. The van der Waals surface area contributed by atoms with Crippen molar-refractivity contribution in [2.75, 3.05) is 13.1 Å². The van der Waals surface area contributed by atoms with Crippen molar-refractivity contribution in [3.8, 4) is 0 Å². The minimum atomic E-state index is 0.0610. The number of nitrogens with zero attached hydrogens (tertiary/aromatic N) is 3. The fourth-order valence-electron chi connectivity index (χ4n) is 3.03. The Morgan fingerprint density at radius 2 is 2.10 bits per heavy atom. The van der Waals surface area contributed by atoms with E-state index in [2.05, 4.69) is 38.8 Å². The molecule has 1 saturated carbocycles. The van der Waals surface area contributed by atoms with Crippen molar-refractivity contribution < 1.29 is 0 Å². The molecule has 1 heterocycles. The van der Waals surface area contributed by atoms with E-state index in [4.69, 9.17) is 10.8 Å².